The molecule has 3 heterocycles. The summed E-state index contributed by atoms with van der Waals surface area (Å²) in [7, 11) is 0.885. The van der Waals surface area contributed by atoms with Gasteiger partial charge in [0.1, 0.15) is 11.3 Å². The van der Waals surface area contributed by atoms with Crippen LogP contribution in [0.5, 0.6) is 0 Å². The average Bonchev–Trinajstić information content (AvgIpc) is 3.22. The van der Waals surface area contributed by atoms with E-state index in [9.17, 15) is 8.42 Å². The maximum atomic E-state index is 12.1. The number of nitrogens with zero attached hydrogens (tertiary/aromatic N) is 5. The molecule has 7 nitrogen and oxygen atoms in total. The monoisotopic (exact) mass is 399 g/mol. The lowest BCUT2D eigenvalue weighted by atomic mass is 10.1. The Morgan fingerprint density at radius 1 is 1.21 bits per heavy atom. The number of benzene rings is 1. The molecule has 0 bridgehead atoms. The third-order valence-corrected chi connectivity index (χ3v) is 7.29. The Morgan fingerprint density at radius 3 is 2.75 bits per heavy atom. The lowest BCUT2D eigenvalue weighted by Gasteiger charge is -2.23. The zero-order valence-electron chi connectivity index (χ0n) is 16.5. The number of anilines is 2. The van der Waals surface area contributed by atoms with E-state index in [4.69, 9.17) is 0 Å². The van der Waals surface area contributed by atoms with Crippen molar-refractivity contribution in [3.05, 3.63) is 47.9 Å². The first-order valence-corrected chi connectivity index (χ1v) is 11.1. The molecule has 0 unspecified atom stereocenters. The summed E-state index contributed by atoms with van der Waals surface area (Å²) in [6.45, 7) is 3.17. The highest BCUT2D eigenvalue weighted by molar-refractivity contribution is 7.89. The van der Waals surface area contributed by atoms with Gasteiger partial charge in [-0.1, -0.05) is 19.1 Å². The largest absolute Gasteiger partial charge is 0.334 e. The van der Waals surface area contributed by atoms with E-state index in [-0.39, 0.29) is 5.75 Å². The van der Waals surface area contributed by atoms with E-state index in [2.05, 4.69) is 33.9 Å². The summed E-state index contributed by atoms with van der Waals surface area (Å²) in [5.74, 6) is 1.11. The molecule has 0 N–H and O–H groups in total. The van der Waals surface area contributed by atoms with Crippen LogP contribution in [0.15, 0.2) is 36.8 Å². The van der Waals surface area contributed by atoms with Crippen molar-refractivity contribution in [2.45, 2.75) is 26.3 Å². The molecule has 8 heteroatoms. The van der Waals surface area contributed by atoms with Crippen molar-refractivity contribution >= 4 is 32.6 Å². The third kappa shape index (κ3) is 3.38. The van der Waals surface area contributed by atoms with Gasteiger partial charge in [-0.05, 0) is 30.0 Å². The van der Waals surface area contributed by atoms with Crippen LogP contribution in [0.25, 0.3) is 11.0 Å². The minimum absolute atomic E-state index is 0.261. The SMILES string of the molecule is CCc1cc(CN2CCCS2(=O)=O)ccc1N(C)c1cc2c(cn1)ncn2C. The molecular weight excluding hydrogens is 374 g/mol. The topological polar surface area (TPSA) is 71.3 Å². The van der Waals surface area contributed by atoms with Crippen LogP contribution in [0, 0.1) is 0 Å². The van der Waals surface area contributed by atoms with Gasteiger partial charge in [0.25, 0.3) is 0 Å². The number of pyridine rings is 1. The number of aromatic nitrogens is 3. The lowest BCUT2D eigenvalue weighted by molar-refractivity contribution is 0.439. The number of hydrogen-bond donors (Lipinski definition) is 0. The van der Waals surface area contributed by atoms with Crippen molar-refractivity contribution in [2.24, 2.45) is 7.05 Å². The van der Waals surface area contributed by atoms with Crippen molar-refractivity contribution in [3.8, 4) is 0 Å². The molecule has 4 rings (SSSR count). The number of imidazole rings is 1. The van der Waals surface area contributed by atoms with Crippen LogP contribution in [0.3, 0.4) is 0 Å². The van der Waals surface area contributed by atoms with Crippen molar-refractivity contribution in [1.82, 2.24) is 18.8 Å². The quantitative estimate of drug-likeness (QED) is 0.660. The zero-order chi connectivity index (χ0) is 19.9. The number of fused-ring (bicyclic) bond motifs is 1. The molecule has 0 aliphatic carbocycles. The normalized spacial score (nSPS) is 16.7. The fraction of sp³-hybridized carbons (Fsp3) is 0.400. The molecule has 0 amide bonds. The van der Waals surface area contributed by atoms with Gasteiger partial charge in [-0.25, -0.2) is 18.4 Å². The summed E-state index contributed by atoms with van der Waals surface area (Å²) >= 11 is 0. The van der Waals surface area contributed by atoms with Gasteiger partial charge >= 0.3 is 0 Å². The summed E-state index contributed by atoms with van der Waals surface area (Å²) < 4.78 is 27.8. The van der Waals surface area contributed by atoms with Gasteiger partial charge in [-0.2, -0.15) is 4.31 Å². The Balaban J connectivity index is 1.64. The molecule has 3 aromatic rings. The number of rotatable bonds is 5. The second-order valence-corrected chi connectivity index (χ2v) is 9.35. The van der Waals surface area contributed by atoms with Crippen LogP contribution in [-0.2, 0) is 30.0 Å². The van der Waals surface area contributed by atoms with Crippen LogP contribution in [-0.4, -0.2) is 46.6 Å². The molecule has 0 atom stereocenters. The van der Waals surface area contributed by atoms with E-state index in [1.807, 2.05) is 30.8 Å². The smallest absolute Gasteiger partial charge is 0.214 e. The Morgan fingerprint density at radius 2 is 2.04 bits per heavy atom. The Bertz CT molecular complexity index is 1120. The first kappa shape index (κ1) is 18.9. The lowest BCUT2D eigenvalue weighted by Crippen LogP contribution is -2.25. The summed E-state index contributed by atoms with van der Waals surface area (Å²) in [6, 6.07) is 8.22. The maximum Gasteiger partial charge on any atom is 0.214 e. The molecule has 0 spiro atoms. The van der Waals surface area contributed by atoms with Gasteiger partial charge < -0.3 is 9.47 Å². The fourth-order valence-electron chi connectivity index (χ4n) is 3.75. The minimum atomic E-state index is -3.09. The predicted molar refractivity (Wildman–Crippen MR) is 111 cm³/mol. The summed E-state index contributed by atoms with van der Waals surface area (Å²) in [5, 5.41) is 0. The van der Waals surface area contributed by atoms with Crippen LogP contribution < -0.4 is 4.90 Å². The fourth-order valence-corrected chi connectivity index (χ4v) is 5.25. The molecule has 2 aromatic heterocycles. The van der Waals surface area contributed by atoms with Gasteiger partial charge in [0.05, 0.1) is 23.8 Å². The molecule has 1 fully saturated rings. The van der Waals surface area contributed by atoms with Crippen molar-refractivity contribution in [2.75, 3.05) is 24.2 Å². The first-order chi connectivity index (χ1) is 13.4. The van der Waals surface area contributed by atoms with Gasteiger partial charge in [0.2, 0.25) is 10.0 Å². The van der Waals surface area contributed by atoms with E-state index in [0.29, 0.717) is 19.5 Å². The standard InChI is InChI=1S/C20H25N5O2S/c1-4-16-10-15(13-25-8-5-9-28(25,26)27)6-7-18(16)24(3)20-11-19-17(12-21-20)22-14-23(19)2/h6-7,10-12,14H,4-5,8-9,13H2,1-3H3. The molecule has 1 aromatic carbocycles. The Labute approximate surface area is 165 Å². The summed E-state index contributed by atoms with van der Waals surface area (Å²) in [6.07, 6.45) is 5.15. The number of sulfonamides is 1. The zero-order valence-corrected chi connectivity index (χ0v) is 17.3. The molecule has 1 aliphatic rings. The summed E-state index contributed by atoms with van der Waals surface area (Å²) in [5.41, 5.74) is 5.17. The maximum absolute atomic E-state index is 12.1. The van der Waals surface area contributed by atoms with Crippen molar-refractivity contribution in [1.29, 1.82) is 0 Å². The highest BCUT2D eigenvalue weighted by Gasteiger charge is 2.28. The van der Waals surface area contributed by atoms with Crippen LogP contribution >= 0.6 is 0 Å². The first-order valence-electron chi connectivity index (χ1n) is 9.49. The van der Waals surface area contributed by atoms with Crippen LogP contribution in [0.1, 0.15) is 24.5 Å². The van der Waals surface area contributed by atoms with Gasteiger partial charge in [-0.3, -0.25) is 0 Å². The van der Waals surface area contributed by atoms with E-state index in [1.54, 1.807) is 16.8 Å². The third-order valence-electron chi connectivity index (χ3n) is 5.39. The Hall–Kier alpha value is -2.45. The Kier molecular flexibility index (Phi) is 4.84. The molecule has 148 valence electrons. The van der Waals surface area contributed by atoms with Crippen LogP contribution in [0.2, 0.25) is 0 Å². The van der Waals surface area contributed by atoms with Crippen molar-refractivity contribution in [3.63, 3.8) is 0 Å². The van der Waals surface area contributed by atoms with E-state index in [0.717, 1.165) is 34.5 Å². The molecule has 0 saturated carbocycles. The van der Waals surface area contributed by atoms with E-state index >= 15 is 0 Å². The number of aryl methyl sites for hydroxylation is 2. The number of hydrogen-bond acceptors (Lipinski definition) is 5. The molecular formula is C20H25N5O2S. The second-order valence-electron chi connectivity index (χ2n) is 7.27. The molecule has 1 saturated heterocycles. The average molecular weight is 400 g/mol. The van der Waals surface area contributed by atoms with Gasteiger partial charge in [0, 0.05) is 38.9 Å². The molecule has 1 aliphatic heterocycles. The van der Waals surface area contributed by atoms with E-state index in [1.165, 1.54) is 5.56 Å². The highest BCUT2D eigenvalue weighted by atomic mass is 32.2. The van der Waals surface area contributed by atoms with Crippen LogP contribution in [0.4, 0.5) is 11.5 Å². The minimum Gasteiger partial charge on any atom is -0.334 e. The molecule has 0 radical (unpaired) electrons. The predicted octanol–water partition coefficient (Wildman–Crippen LogP) is 2.83. The molecule has 28 heavy (non-hydrogen) atoms. The highest BCUT2D eigenvalue weighted by Crippen LogP contribution is 2.29. The van der Waals surface area contributed by atoms with Crippen molar-refractivity contribution < 1.29 is 8.42 Å². The van der Waals surface area contributed by atoms with Gasteiger partial charge in [0.15, 0.2) is 0 Å². The summed E-state index contributed by atoms with van der Waals surface area (Å²) in [4.78, 5) is 11.0. The van der Waals surface area contributed by atoms with E-state index < -0.39 is 10.0 Å². The second kappa shape index (κ2) is 7.18. The van der Waals surface area contributed by atoms with Gasteiger partial charge in [-0.15, -0.1) is 0 Å².